The molecular formula is C24H26N2O4. The fourth-order valence-corrected chi connectivity index (χ4v) is 4.66. The summed E-state index contributed by atoms with van der Waals surface area (Å²) in [7, 11) is 1.42. The number of H-pyrrole nitrogens is 1. The van der Waals surface area contributed by atoms with E-state index in [2.05, 4.69) is 35.9 Å². The first-order valence-corrected chi connectivity index (χ1v) is 10.2. The summed E-state index contributed by atoms with van der Waals surface area (Å²) >= 11 is 0. The number of aromatic amines is 1. The average Bonchev–Trinajstić information content (AvgIpc) is 3.10. The topological polar surface area (TPSA) is 82.6 Å². The molecular weight excluding hydrogens is 380 g/mol. The Morgan fingerprint density at radius 2 is 1.97 bits per heavy atom. The number of esters is 1. The monoisotopic (exact) mass is 406 g/mol. The largest absolute Gasteiger partial charge is 0.478 e. The first-order valence-electron chi connectivity index (χ1n) is 10.2. The maximum atomic E-state index is 12.8. The van der Waals surface area contributed by atoms with Crippen molar-refractivity contribution in [1.82, 2.24) is 9.88 Å². The molecule has 0 amide bonds. The minimum absolute atomic E-state index is 0.0289. The number of rotatable bonds is 5. The second kappa shape index (κ2) is 7.95. The minimum Gasteiger partial charge on any atom is -0.478 e. The number of carbonyl (C=O) groups excluding carboxylic acids is 1. The summed E-state index contributed by atoms with van der Waals surface area (Å²) in [5.74, 6) is -1.00. The van der Waals surface area contributed by atoms with E-state index < -0.39 is 12.0 Å². The van der Waals surface area contributed by atoms with Crippen LogP contribution in [0.15, 0.2) is 48.5 Å². The molecule has 156 valence electrons. The van der Waals surface area contributed by atoms with Crippen LogP contribution in [0, 0.1) is 5.92 Å². The fraction of sp³-hybridized carbons (Fsp3) is 0.333. The van der Waals surface area contributed by atoms with Crippen LogP contribution in [-0.2, 0) is 22.5 Å². The van der Waals surface area contributed by atoms with Crippen LogP contribution in [0.3, 0.4) is 0 Å². The Balaban J connectivity index is 1.82. The van der Waals surface area contributed by atoms with Crippen molar-refractivity contribution in [2.45, 2.75) is 38.9 Å². The summed E-state index contributed by atoms with van der Waals surface area (Å²) in [5.41, 5.74) is 4.45. The molecule has 2 aromatic carbocycles. The van der Waals surface area contributed by atoms with E-state index in [1.165, 1.54) is 7.11 Å². The normalized spacial score (nSPS) is 19.1. The third-order valence-electron chi connectivity index (χ3n) is 5.94. The van der Waals surface area contributed by atoms with E-state index in [0.717, 1.165) is 27.7 Å². The molecule has 0 fully saturated rings. The quantitative estimate of drug-likeness (QED) is 0.622. The molecule has 0 bridgehead atoms. The second-order valence-corrected chi connectivity index (χ2v) is 8.17. The third-order valence-corrected chi connectivity index (χ3v) is 5.94. The van der Waals surface area contributed by atoms with Gasteiger partial charge in [-0.25, -0.2) is 4.79 Å². The van der Waals surface area contributed by atoms with E-state index in [9.17, 15) is 14.7 Å². The molecule has 2 atom stereocenters. The van der Waals surface area contributed by atoms with Crippen molar-refractivity contribution >= 4 is 22.8 Å². The number of fused-ring (bicyclic) bond motifs is 3. The number of carbonyl (C=O) groups is 2. The van der Waals surface area contributed by atoms with Gasteiger partial charge in [0.25, 0.3) is 0 Å². The average molecular weight is 406 g/mol. The number of aromatic carboxylic acids is 1. The van der Waals surface area contributed by atoms with Crippen molar-refractivity contribution in [2.75, 3.05) is 7.11 Å². The standard InChI is InChI=1S/C24H26N2O4/c1-14(2)22-21-18(17-9-4-5-10-19(17)25-21)12-20(24(29)30-3)26(22)13-15-7-6-8-16(11-15)23(27)28/h4-11,14,20,22,25H,12-13H2,1-3H3,(H,27,28)/t20-,22?/m0/s1. The van der Waals surface area contributed by atoms with Gasteiger partial charge in [-0.15, -0.1) is 0 Å². The molecule has 6 heteroatoms. The molecule has 3 aromatic rings. The predicted octanol–water partition coefficient (Wildman–Crippen LogP) is 4.16. The molecule has 2 heterocycles. The van der Waals surface area contributed by atoms with E-state index >= 15 is 0 Å². The summed E-state index contributed by atoms with van der Waals surface area (Å²) in [5, 5.41) is 10.5. The zero-order valence-corrected chi connectivity index (χ0v) is 17.4. The minimum atomic E-state index is -0.960. The van der Waals surface area contributed by atoms with Crippen LogP contribution in [0.5, 0.6) is 0 Å². The number of hydrogen-bond donors (Lipinski definition) is 2. The number of carboxylic acids is 1. The van der Waals surface area contributed by atoms with Crippen molar-refractivity contribution in [3.63, 3.8) is 0 Å². The molecule has 4 rings (SSSR count). The molecule has 30 heavy (non-hydrogen) atoms. The summed E-state index contributed by atoms with van der Waals surface area (Å²) < 4.78 is 5.17. The number of hydrogen-bond acceptors (Lipinski definition) is 4. The predicted molar refractivity (Wildman–Crippen MR) is 114 cm³/mol. The van der Waals surface area contributed by atoms with Gasteiger partial charge in [-0.05, 0) is 35.2 Å². The summed E-state index contributed by atoms with van der Waals surface area (Å²) in [6.45, 7) is 4.74. The van der Waals surface area contributed by atoms with Gasteiger partial charge in [-0.2, -0.15) is 0 Å². The highest BCUT2D eigenvalue weighted by Gasteiger charge is 2.41. The molecule has 0 spiro atoms. The molecule has 1 aliphatic rings. The number of benzene rings is 2. The Morgan fingerprint density at radius 1 is 1.20 bits per heavy atom. The van der Waals surface area contributed by atoms with E-state index in [-0.39, 0.29) is 23.5 Å². The number of nitrogens with one attached hydrogen (secondary N) is 1. The Morgan fingerprint density at radius 3 is 2.67 bits per heavy atom. The SMILES string of the molecule is COC(=O)[C@@H]1Cc2c([nH]c3ccccc23)C(C(C)C)N1Cc1cccc(C(=O)O)c1. The number of carboxylic acid groups (broad SMARTS) is 1. The van der Waals surface area contributed by atoms with Crippen LogP contribution >= 0.6 is 0 Å². The molecule has 1 aromatic heterocycles. The molecule has 1 aliphatic heterocycles. The summed E-state index contributed by atoms with van der Waals surface area (Å²) in [6, 6.07) is 14.6. The van der Waals surface area contributed by atoms with Crippen molar-refractivity contribution in [3.8, 4) is 0 Å². The van der Waals surface area contributed by atoms with Crippen LogP contribution in [-0.4, -0.2) is 40.1 Å². The van der Waals surface area contributed by atoms with Gasteiger partial charge in [-0.3, -0.25) is 9.69 Å². The van der Waals surface area contributed by atoms with Crippen LogP contribution in [0.25, 0.3) is 10.9 Å². The van der Waals surface area contributed by atoms with Gasteiger partial charge in [0.1, 0.15) is 6.04 Å². The molecule has 0 aliphatic carbocycles. The zero-order chi connectivity index (χ0) is 21.4. The first-order chi connectivity index (χ1) is 14.4. The number of aromatic nitrogens is 1. The third kappa shape index (κ3) is 3.48. The maximum absolute atomic E-state index is 12.8. The van der Waals surface area contributed by atoms with E-state index in [4.69, 9.17) is 4.74 Å². The Hall–Kier alpha value is -3.12. The molecule has 0 radical (unpaired) electrons. The lowest BCUT2D eigenvalue weighted by Gasteiger charge is -2.42. The van der Waals surface area contributed by atoms with Crippen LogP contribution in [0.1, 0.15) is 47.1 Å². The lowest BCUT2D eigenvalue weighted by molar-refractivity contribution is -0.149. The zero-order valence-electron chi connectivity index (χ0n) is 17.4. The molecule has 6 nitrogen and oxygen atoms in total. The van der Waals surface area contributed by atoms with Gasteiger partial charge in [0, 0.05) is 29.6 Å². The number of methoxy groups -OCH3 is 1. The van der Waals surface area contributed by atoms with Crippen LogP contribution in [0.2, 0.25) is 0 Å². The number of nitrogens with zero attached hydrogens (tertiary/aromatic N) is 1. The van der Waals surface area contributed by atoms with Gasteiger partial charge in [0.2, 0.25) is 0 Å². The van der Waals surface area contributed by atoms with Crippen LogP contribution in [0.4, 0.5) is 0 Å². The molecule has 1 unspecified atom stereocenters. The number of para-hydroxylation sites is 1. The van der Waals surface area contributed by atoms with Gasteiger partial charge in [0.15, 0.2) is 0 Å². The molecule has 0 saturated carbocycles. The highest BCUT2D eigenvalue weighted by molar-refractivity contribution is 5.88. The smallest absolute Gasteiger partial charge is 0.335 e. The van der Waals surface area contributed by atoms with Gasteiger partial charge in [-0.1, -0.05) is 44.2 Å². The van der Waals surface area contributed by atoms with Crippen molar-refractivity contribution in [1.29, 1.82) is 0 Å². The van der Waals surface area contributed by atoms with Crippen LogP contribution < -0.4 is 0 Å². The summed E-state index contributed by atoms with van der Waals surface area (Å²) in [6.07, 6.45) is 0.549. The second-order valence-electron chi connectivity index (χ2n) is 8.17. The van der Waals surface area contributed by atoms with Gasteiger partial charge in [0.05, 0.1) is 18.7 Å². The highest BCUT2D eigenvalue weighted by Crippen LogP contribution is 2.41. The highest BCUT2D eigenvalue weighted by atomic mass is 16.5. The van der Waals surface area contributed by atoms with E-state index in [1.807, 2.05) is 18.2 Å². The van der Waals surface area contributed by atoms with Gasteiger partial charge >= 0.3 is 11.9 Å². The lowest BCUT2D eigenvalue weighted by atomic mass is 9.86. The summed E-state index contributed by atoms with van der Waals surface area (Å²) in [4.78, 5) is 29.9. The van der Waals surface area contributed by atoms with Crippen molar-refractivity contribution in [2.24, 2.45) is 5.92 Å². The molecule has 0 saturated heterocycles. The Labute approximate surface area is 175 Å². The maximum Gasteiger partial charge on any atom is 0.335 e. The Kier molecular flexibility index (Phi) is 5.35. The Bertz CT molecular complexity index is 1100. The van der Waals surface area contributed by atoms with Crippen molar-refractivity contribution in [3.05, 3.63) is 70.9 Å². The van der Waals surface area contributed by atoms with E-state index in [1.54, 1.807) is 18.2 Å². The van der Waals surface area contributed by atoms with E-state index in [0.29, 0.717) is 13.0 Å². The van der Waals surface area contributed by atoms with Crippen molar-refractivity contribution < 1.29 is 19.4 Å². The number of ether oxygens (including phenoxy) is 1. The molecule has 2 N–H and O–H groups in total. The lowest BCUT2D eigenvalue weighted by Crippen LogP contribution is -2.49. The van der Waals surface area contributed by atoms with Gasteiger partial charge < -0.3 is 14.8 Å². The fourth-order valence-electron chi connectivity index (χ4n) is 4.66. The first kappa shape index (κ1) is 20.2.